The summed E-state index contributed by atoms with van der Waals surface area (Å²) < 4.78 is 9.12. The van der Waals surface area contributed by atoms with E-state index in [-0.39, 0.29) is 0 Å². The topological polar surface area (TPSA) is 51.5 Å². The number of hydrogen-bond acceptors (Lipinski definition) is 4. The summed E-state index contributed by atoms with van der Waals surface area (Å²) in [4.78, 5) is 8.50. The number of aromatic nitrogens is 3. The fourth-order valence-corrected chi connectivity index (χ4v) is 2.72. The number of anilines is 1. The minimum Gasteiger partial charge on any atom is -0.495 e. The molecule has 0 atom stereocenters. The number of imidazole rings is 1. The lowest BCUT2D eigenvalue weighted by Gasteiger charge is -2.11. The summed E-state index contributed by atoms with van der Waals surface area (Å²) in [5, 5.41) is 3.37. The van der Waals surface area contributed by atoms with Crippen LogP contribution in [0.3, 0.4) is 0 Å². The quantitative estimate of drug-likeness (QED) is 0.707. The van der Waals surface area contributed by atoms with Crippen molar-refractivity contribution in [1.29, 1.82) is 0 Å². The van der Waals surface area contributed by atoms with Crippen LogP contribution in [0.4, 0.5) is 5.69 Å². The van der Waals surface area contributed by atoms with Gasteiger partial charge in [0, 0.05) is 10.7 Å². The normalized spacial score (nSPS) is 10.8. The third-order valence-electron chi connectivity index (χ3n) is 3.06. The molecule has 5 nitrogen and oxygen atoms in total. The van der Waals surface area contributed by atoms with Crippen LogP contribution >= 0.6 is 31.9 Å². The predicted octanol–water partition coefficient (Wildman–Crippen LogP) is 3.88. The number of hydrogen-bond donors (Lipinski definition) is 1. The Hall–Kier alpha value is -1.60. The SMILES string of the molecule is COc1ccc(Br)cc1NCc1cnc2cnc(Br)cn12. The van der Waals surface area contributed by atoms with Crippen molar-refractivity contribution in [3.05, 3.63) is 51.6 Å². The van der Waals surface area contributed by atoms with Gasteiger partial charge in [0.2, 0.25) is 0 Å². The van der Waals surface area contributed by atoms with Crippen LogP contribution in [0.15, 0.2) is 45.9 Å². The number of halogens is 2. The van der Waals surface area contributed by atoms with Gasteiger partial charge in [0.25, 0.3) is 0 Å². The lowest BCUT2D eigenvalue weighted by molar-refractivity contribution is 0.416. The van der Waals surface area contributed by atoms with E-state index in [9.17, 15) is 0 Å². The zero-order valence-electron chi connectivity index (χ0n) is 11.2. The van der Waals surface area contributed by atoms with E-state index in [1.54, 1.807) is 13.3 Å². The predicted molar refractivity (Wildman–Crippen MR) is 88.7 cm³/mol. The second-order valence-corrected chi connectivity index (χ2v) is 6.11. The van der Waals surface area contributed by atoms with Crippen molar-refractivity contribution in [3.8, 4) is 5.75 Å². The van der Waals surface area contributed by atoms with Gasteiger partial charge < -0.3 is 10.1 Å². The maximum atomic E-state index is 5.35. The first-order chi connectivity index (χ1) is 10.2. The highest BCUT2D eigenvalue weighted by Crippen LogP contribution is 2.28. The molecule has 2 aromatic heterocycles. The summed E-state index contributed by atoms with van der Waals surface area (Å²) in [7, 11) is 1.66. The molecule has 3 rings (SSSR count). The fourth-order valence-electron chi connectivity index (χ4n) is 2.05. The molecule has 0 aliphatic heterocycles. The van der Waals surface area contributed by atoms with E-state index in [0.29, 0.717) is 6.54 Å². The molecule has 1 aromatic carbocycles. The first-order valence-electron chi connectivity index (χ1n) is 6.22. The molecule has 2 heterocycles. The molecule has 0 spiro atoms. The second-order valence-electron chi connectivity index (χ2n) is 4.39. The minimum atomic E-state index is 0.629. The van der Waals surface area contributed by atoms with Gasteiger partial charge in [-0.3, -0.25) is 4.40 Å². The smallest absolute Gasteiger partial charge is 0.155 e. The third-order valence-corrected chi connectivity index (χ3v) is 3.97. The molecular weight excluding hydrogens is 400 g/mol. The lowest BCUT2D eigenvalue weighted by atomic mass is 10.3. The van der Waals surface area contributed by atoms with Crippen molar-refractivity contribution in [2.45, 2.75) is 6.54 Å². The summed E-state index contributed by atoms with van der Waals surface area (Å²) in [6, 6.07) is 5.85. The van der Waals surface area contributed by atoms with E-state index >= 15 is 0 Å². The van der Waals surface area contributed by atoms with Crippen LogP contribution in [0.5, 0.6) is 5.75 Å². The number of rotatable bonds is 4. The van der Waals surface area contributed by atoms with E-state index in [0.717, 1.165) is 31.9 Å². The van der Waals surface area contributed by atoms with Gasteiger partial charge in [-0.05, 0) is 34.1 Å². The monoisotopic (exact) mass is 410 g/mol. The summed E-state index contributed by atoms with van der Waals surface area (Å²) in [5.74, 6) is 0.801. The number of nitrogens with zero attached hydrogens (tertiary/aromatic N) is 3. The molecule has 0 saturated carbocycles. The highest BCUT2D eigenvalue weighted by Gasteiger charge is 2.07. The fraction of sp³-hybridized carbons (Fsp3) is 0.143. The average Bonchev–Trinajstić information content (AvgIpc) is 2.87. The Kier molecular flexibility index (Phi) is 4.12. The van der Waals surface area contributed by atoms with E-state index in [1.807, 2.05) is 35.0 Å². The Bertz CT molecular complexity index is 788. The van der Waals surface area contributed by atoms with E-state index in [1.165, 1.54) is 0 Å². The van der Waals surface area contributed by atoms with Gasteiger partial charge in [0.15, 0.2) is 5.65 Å². The van der Waals surface area contributed by atoms with Crippen LogP contribution in [-0.4, -0.2) is 21.5 Å². The van der Waals surface area contributed by atoms with Crippen LogP contribution in [0.2, 0.25) is 0 Å². The Morgan fingerprint density at radius 3 is 2.90 bits per heavy atom. The summed E-state index contributed by atoms with van der Waals surface area (Å²) >= 11 is 6.84. The molecule has 21 heavy (non-hydrogen) atoms. The first-order valence-corrected chi connectivity index (χ1v) is 7.81. The standard InChI is InChI=1S/C14H12Br2N4O/c1-21-12-3-2-9(15)4-11(12)17-5-10-6-19-14-7-18-13(16)8-20(10)14/h2-4,6-8,17H,5H2,1H3. The number of fused-ring (bicyclic) bond motifs is 1. The molecule has 0 unspecified atom stereocenters. The van der Waals surface area contributed by atoms with Crippen molar-refractivity contribution in [2.24, 2.45) is 0 Å². The van der Waals surface area contributed by atoms with Crippen molar-refractivity contribution in [2.75, 3.05) is 12.4 Å². The van der Waals surface area contributed by atoms with Gasteiger partial charge in [-0.15, -0.1) is 0 Å². The van der Waals surface area contributed by atoms with Crippen LogP contribution in [0.25, 0.3) is 5.65 Å². The maximum Gasteiger partial charge on any atom is 0.155 e. The summed E-state index contributed by atoms with van der Waals surface area (Å²) in [6.45, 7) is 0.629. The lowest BCUT2D eigenvalue weighted by Crippen LogP contribution is -2.04. The molecular formula is C14H12Br2N4O. The van der Waals surface area contributed by atoms with Crippen molar-refractivity contribution >= 4 is 43.2 Å². The molecule has 0 bridgehead atoms. The first kappa shape index (κ1) is 14.3. The van der Waals surface area contributed by atoms with Gasteiger partial charge in [-0.25, -0.2) is 9.97 Å². The molecule has 108 valence electrons. The molecule has 1 N–H and O–H groups in total. The van der Waals surface area contributed by atoms with Crippen LogP contribution < -0.4 is 10.1 Å². The maximum absolute atomic E-state index is 5.35. The molecule has 0 amide bonds. The summed E-state index contributed by atoms with van der Waals surface area (Å²) in [6.07, 6.45) is 5.46. The number of methoxy groups -OCH3 is 1. The Morgan fingerprint density at radius 1 is 1.24 bits per heavy atom. The number of ether oxygens (including phenoxy) is 1. The van der Waals surface area contributed by atoms with Gasteiger partial charge in [0.1, 0.15) is 10.4 Å². The van der Waals surface area contributed by atoms with Crippen LogP contribution in [-0.2, 0) is 6.54 Å². The van der Waals surface area contributed by atoms with Crippen molar-refractivity contribution in [3.63, 3.8) is 0 Å². The largest absolute Gasteiger partial charge is 0.495 e. The highest BCUT2D eigenvalue weighted by molar-refractivity contribution is 9.10. The Morgan fingerprint density at radius 2 is 2.10 bits per heavy atom. The molecule has 0 radical (unpaired) electrons. The van der Waals surface area contributed by atoms with Gasteiger partial charge in [-0.1, -0.05) is 15.9 Å². The average molecular weight is 412 g/mol. The molecule has 3 aromatic rings. The zero-order chi connectivity index (χ0) is 14.8. The zero-order valence-corrected chi connectivity index (χ0v) is 14.3. The minimum absolute atomic E-state index is 0.629. The van der Waals surface area contributed by atoms with Crippen LogP contribution in [0, 0.1) is 0 Å². The van der Waals surface area contributed by atoms with Gasteiger partial charge in [0.05, 0.1) is 37.4 Å². The van der Waals surface area contributed by atoms with E-state index in [2.05, 4.69) is 47.1 Å². The van der Waals surface area contributed by atoms with Crippen molar-refractivity contribution in [1.82, 2.24) is 14.4 Å². The van der Waals surface area contributed by atoms with Gasteiger partial charge in [-0.2, -0.15) is 0 Å². The molecule has 0 aliphatic rings. The molecule has 0 fully saturated rings. The highest BCUT2D eigenvalue weighted by atomic mass is 79.9. The Labute approximate surface area is 138 Å². The number of benzene rings is 1. The van der Waals surface area contributed by atoms with E-state index < -0.39 is 0 Å². The van der Waals surface area contributed by atoms with Crippen molar-refractivity contribution < 1.29 is 4.74 Å². The number of nitrogens with one attached hydrogen (secondary N) is 1. The van der Waals surface area contributed by atoms with E-state index in [4.69, 9.17) is 4.74 Å². The second kappa shape index (κ2) is 6.03. The van der Waals surface area contributed by atoms with Crippen LogP contribution in [0.1, 0.15) is 5.69 Å². The van der Waals surface area contributed by atoms with Gasteiger partial charge >= 0.3 is 0 Å². The Balaban J connectivity index is 1.87. The summed E-state index contributed by atoms with van der Waals surface area (Å²) in [5.41, 5.74) is 2.78. The molecule has 0 saturated heterocycles. The molecule has 0 aliphatic carbocycles. The third kappa shape index (κ3) is 3.03. The molecule has 7 heteroatoms.